The lowest BCUT2D eigenvalue weighted by Gasteiger charge is -2.26. The van der Waals surface area contributed by atoms with Crippen molar-refractivity contribution in [2.24, 2.45) is 5.41 Å². The van der Waals surface area contributed by atoms with Crippen LogP contribution < -0.4 is 0 Å². The fourth-order valence-electron chi connectivity index (χ4n) is 5.65. The summed E-state index contributed by atoms with van der Waals surface area (Å²) in [6.45, 7) is 3.86. The molecule has 7 heteroatoms. The van der Waals surface area contributed by atoms with E-state index in [0.29, 0.717) is 12.8 Å². The first kappa shape index (κ1) is 20.3. The van der Waals surface area contributed by atoms with E-state index in [-0.39, 0.29) is 19.1 Å². The van der Waals surface area contributed by atoms with Crippen LogP contribution in [0.5, 0.6) is 0 Å². The van der Waals surface area contributed by atoms with Gasteiger partial charge in [-0.3, -0.25) is 9.89 Å². The van der Waals surface area contributed by atoms with Gasteiger partial charge in [-0.2, -0.15) is 5.10 Å². The molecule has 5 rings (SSSR count). The van der Waals surface area contributed by atoms with Gasteiger partial charge in [0.1, 0.15) is 0 Å². The molecule has 2 aliphatic carbocycles. The summed E-state index contributed by atoms with van der Waals surface area (Å²) in [6, 6.07) is 0. The third-order valence-corrected chi connectivity index (χ3v) is 7.43. The molecule has 1 atom stereocenters. The molecule has 31 heavy (non-hydrogen) atoms. The number of rotatable bonds is 5. The van der Waals surface area contributed by atoms with Crippen LogP contribution in [-0.2, 0) is 24.1 Å². The van der Waals surface area contributed by atoms with Gasteiger partial charge >= 0.3 is 0 Å². The van der Waals surface area contributed by atoms with Gasteiger partial charge in [-0.15, -0.1) is 0 Å². The highest BCUT2D eigenvalue weighted by Crippen LogP contribution is 2.51. The van der Waals surface area contributed by atoms with E-state index in [0.717, 1.165) is 54.0 Å². The maximum Gasteiger partial charge on any atom is 0.237 e. The highest BCUT2D eigenvalue weighted by Gasteiger charge is 2.51. The predicted octanol–water partition coefficient (Wildman–Crippen LogP) is 2.72. The number of fused-ring (bicyclic) bond motifs is 6. The van der Waals surface area contributed by atoms with Crippen molar-refractivity contribution < 1.29 is 15.0 Å². The summed E-state index contributed by atoms with van der Waals surface area (Å²) < 4.78 is 0. The van der Waals surface area contributed by atoms with E-state index in [1.54, 1.807) is 4.90 Å². The molecule has 3 heterocycles. The molecule has 2 aromatic heterocycles. The number of carbonyl (C=O) groups excluding carboxylic acids is 1. The molecular weight excluding hydrogens is 392 g/mol. The van der Waals surface area contributed by atoms with Crippen molar-refractivity contribution in [1.82, 2.24) is 20.1 Å². The second kappa shape index (κ2) is 7.50. The Hall–Kier alpha value is -2.64. The molecule has 0 saturated carbocycles. The minimum atomic E-state index is -0.952. The average molecular weight is 423 g/mol. The van der Waals surface area contributed by atoms with Gasteiger partial charge in [-0.25, -0.2) is 0 Å². The molecule has 1 aliphatic heterocycles. The molecule has 1 saturated heterocycles. The molecule has 3 aliphatic rings. The number of β-amino-alcohol motifs (C(OH)–C–C–N with tert-alkyl or cyclic N) is 1. The average Bonchev–Trinajstić information content (AvgIpc) is 3.34. The van der Waals surface area contributed by atoms with E-state index >= 15 is 0 Å². The van der Waals surface area contributed by atoms with Crippen LogP contribution in [0.2, 0.25) is 0 Å². The van der Waals surface area contributed by atoms with Gasteiger partial charge in [0.05, 0.1) is 42.3 Å². The van der Waals surface area contributed by atoms with Gasteiger partial charge in [-0.05, 0) is 66.9 Å². The molecule has 4 N–H and O–H groups in total. The second-order valence-corrected chi connectivity index (χ2v) is 8.89. The van der Waals surface area contributed by atoms with Gasteiger partial charge in [0.25, 0.3) is 0 Å². The number of aliphatic hydroxyl groups excluding tert-OH is 2. The van der Waals surface area contributed by atoms with Crippen LogP contribution in [0.3, 0.4) is 0 Å². The summed E-state index contributed by atoms with van der Waals surface area (Å²) in [5, 5.41) is 26.9. The van der Waals surface area contributed by atoms with Gasteiger partial charge < -0.3 is 20.1 Å². The molecule has 0 radical (unpaired) electrons. The second-order valence-electron chi connectivity index (χ2n) is 8.89. The zero-order chi connectivity index (χ0) is 21.8. The number of hydrogen-bond acceptors (Lipinski definition) is 4. The smallest absolute Gasteiger partial charge is 0.237 e. The van der Waals surface area contributed by atoms with Crippen molar-refractivity contribution in [3.63, 3.8) is 0 Å². The van der Waals surface area contributed by atoms with E-state index < -0.39 is 11.5 Å². The number of aliphatic hydroxyl groups is 2. The number of carbonyl (C=O) groups is 1. The van der Waals surface area contributed by atoms with Crippen LogP contribution in [0.4, 0.5) is 0 Å². The molecule has 0 spiro atoms. The van der Waals surface area contributed by atoms with Crippen LogP contribution in [0.25, 0.3) is 17.5 Å². The Morgan fingerprint density at radius 1 is 1.23 bits per heavy atom. The minimum Gasteiger partial charge on any atom is -0.394 e. The van der Waals surface area contributed by atoms with E-state index in [9.17, 15) is 15.0 Å². The van der Waals surface area contributed by atoms with E-state index in [1.165, 1.54) is 16.7 Å². The number of likely N-dealkylation sites (tertiary alicyclic amines) is 1. The number of nitrogens with zero attached hydrogens (tertiary/aromatic N) is 2. The van der Waals surface area contributed by atoms with Crippen molar-refractivity contribution in [3.05, 3.63) is 45.9 Å². The Morgan fingerprint density at radius 3 is 2.77 bits per heavy atom. The third-order valence-electron chi connectivity index (χ3n) is 7.43. The van der Waals surface area contributed by atoms with Gasteiger partial charge in [0, 0.05) is 11.4 Å². The van der Waals surface area contributed by atoms with Crippen molar-refractivity contribution in [2.45, 2.75) is 58.5 Å². The summed E-state index contributed by atoms with van der Waals surface area (Å²) in [5.74, 6) is 0.0231. The molecule has 7 nitrogen and oxygen atoms in total. The molecule has 164 valence electrons. The lowest BCUT2D eigenvalue weighted by molar-refractivity contribution is -0.136. The first-order valence-electron chi connectivity index (χ1n) is 11.3. The van der Waals surface area contributed by atoms with Crippen LogP contribution in [-0.4, -0.2) is 55.5 Å². The molecule has 2 aromatic rings. The first-order valence-corrected chi connectivity index (χ1v) is 11.3. The summed E-state index contributed by atoms with van der Waals surface area (Å²) in [4.78, 5) is 18.9. The Balaban J connectivity index is 1.66. The fraction of sp³-hybridized carbons (Fsp3) is 0.500. The topological polar surface area (TPSA) is 105 Å². The molecular formula is C24H30N4O3. The SMILES string of the molecule is CCC1(CC)C(=O)N(CC(O)CO)C2=CCc3c([nH]c4c3CCCc3cn[nH]c3-4)C=C21. The number of nitrogens with one attached hydrogen (secondary N) is 2. The van der Waals surface area contributed by atoms with Crippen molar-refractivity contribution in [2.75, 3.05) is 13.2 Å². The molecule has 0 aromatic carbocycles. The maximum absolute atomic E-state index is 13.5. The lowest BCUT2D eigenvalue weighted by Crippen LogP contribution is -2.39. The summed E-state index contributed by atoms with van der Waals surface area (Å²) in [5.41, 5.74) is 8.43. The van der Waals surface area contributed by atoms with Crippen molar-refractivity contribution >= 4 is 12.0 Å². The quantitative estimate of drug-likeness (QED) is 0.595. The minimum absolute atomic E-state index is 0.0231. The summed E-state index contributed by atoms with van der Waals surface area (Å²) in [6.07, 6.45) is 10.5. The van der Waals surface area contributed by atoms with Crippen LogP contribution in [0.1, 0.15) is 55.5 Å². The van der Waals surface area contributed by atoms with E-state index in [2.05, 4.69) is 41.2 Å². The number of hydrogen-bond donors (Lipinski definition) is 4. The number of H-pyrrole nitrogens is 2. The number of amides is 1. The lowest BCUT2D eigenvalue weighted by atomic mass is 9.76. The van der Waals surface area contributed by atoms with Gasteiger partial charge in [-0.1, -0.05) is 19.9 Å². The molecule has 0 bridgehead atoms. The monoisotopic (exact) mass is 422 g/mol. The standard InChI is InChI=1S/C24H30N4O3/c1-3-24(4-2)18-10-19-16(8-9-20(18)28(23(24)31)12-15(30)13-29)17-7-5-6-14-11-25-27-21(14)22(17)26-19/h9-11,15,26,29-30H,3-8,12-13H2,1-2H3,(H,25,27). The summed E-state index contributed by atoms with van der Waals surface area (Å²) >= 11 is 0. The normalized spacial score (nSPS) is 20.1. The van der Waals surface area contributed by atoms with Gasteiger partial charge in [0.2, 0.25) is 5.91 Å². The van der Waals surface area contributed by atoms with E-state index in [4.69, 9.17) is 0 Å². The zero-order valence-corrected chi connectivity index (χ0v) is 18.2. The van der Waals surface area contributed by atoms with E-state index in [1.807, 2.05) is 6.20 Å². The Kier molecular flexibility index (Phi) is 4.90. The van der Waals surface area contributed by atoms with Gasteiger partial charge in [0.15, 0.2) is 0 Å². The third kappa shape index (κ3) is 2.87. The number of aromatic nitrogens is 3. The zero-order valence-electron chi connectivity index (χ0n) is 18.2. The Labute approximate surface area is 181 Å². The number of aryl methyl sites for hydroxylation is 1. The summed E-state index contributed by atoms with van der Waals surface area (Å²) in [7, 11) is 0. The molecule has 1 fully saturated rings. The highest BCUT2D eigenvalue weighted by molar-refractivity contribution is 5.96. The van der Waals surface area contributed by atoms with Crippen LogP contribution in [0.15, 0.2) is 23.5 Å². The fourth-order valence-corrected chi connectivity index (χ4v) is 5.65. The Bertz CT molecular complexity index is 1090. The maximum atomic E-state index is 13.5. The van der Waals surface area contributed by atoms with Crippen LogP contribution >= 0.6 is 0 Å². The van der Waals surface area contributed by atoms with Crippen molar-refractivity contribution in [1.29, 1.82) is 0 Å². The first-order chi connectivity index (χ1) is 15.0. The number of aromatic amines is 2. The largest absolute Gasteiger partial charge is 0.394 e. The predicted molar refractivity (Wildman–Crippen MR) is 118 cm³/mol. The van der Waals surface area contributed by atoms with Crippen LogP contribution in [0, 0.1) is 5.41 Å². The molecule has 1 unspecified atom stereocenters. The Morgan fingerprint density at radius 2 is 2.03 bits per heavy atom. The molecule has 1 amide bonds. The highest BCUT2D eigenvalue weighted by atomic mass is 16.3. The number of allylic oxidation sites excluding steroid dienone is 2. The van der Waals surface area contributed by atoms with Crippen molar-refractivity contribution in [3.8, 4) is 11.4 Å².